The number of aromatic nitrogens is 1. The van der Waals surface area contributed by atoms with Gasteiger partial charge in [-0.15, -0.1) is 0 Å². The van der Waals surface area contributed by atoms with Crippen LogP contribution in [-0.4, -0.2) is 72.4 Å². The Hall–Kier alpha value is -1.70. The molecule has 1 saturated heterocycles. The van der Waals surface area contributed by atoms with Crippen LogP contribution in [0.5, 0.6) is 0 Å². The molecule has 1 aromatic rings. The molecule has 2 heterocycles. The highest BCUT2D eigenvalue weighted by molar-refractivity contribution is 6.04. The third-order valence-corrected chi connectivity index (χ3v) is 3.52. The van der Waals surface area contributed by atoms with Crippen LogP contribution in [0.3, 0.4) is 0 Å². The second kappa shape index (κ2) is 6.65. The molecule has 1 unspecified atom stereocenters. The van der Waals surface area contributed by atoms with Crippen molar-refractivity contribution in [3.05, 3.63) is 24.0 Å². The summed E-state index contributed by atoms with van der Waals surface area (Å²) in [5.41, 5.74) is 6.12. The van der Waals surface area contributed by atoms with E-state index in [0.29, 0.717) is 12.2 Å². The lowest BCUT2D eigenvalue weighted by molar-refractivity contribution is -0.122. The number of nitrogens with two attached hydrogens (primary N) is 1. The number of carbonyl (C=O) groups excluding carboxylic acids is 2. The summed E-state index contributed by atoms with van der Waals surface area (Å²) in [5, 5.41) is 2.38. The van der Waals surface area contributed by atoms with Gasteiger partial charge in [0.1, 0.15) is 5.69 Å². The molecule has 7 heteroatoms. The Morgan fingerprint density at radius 3 is 2.95 bits per heavy atom. The largest absolute Gasteiger partial charge is 0.357 e. The van der Waals surface area contributed by atoms with Crippen molar-refractivity contribution in [1.29, 1.82) is 0 Å². The fourth-order valence-electron chi connectivity index (χ4n) is 2.37. The van der Waals surface area contributed by atoms with Crippen LogP contribution in [0.1, 0.15) is 10.5 Å². The molecule has 0 aliphatic carbocycles. The normalized spacial score (nSPS) is 20.8. The highest BCUT2D eigenvalue weighted by atomic mass is 16.2. The maximum atomic E-state index is 11.9. The zero-order valence-electron chi connectivity index (χ0n) is 11.6. The number of piperazine rings is 1. The number of amides is 2. The number of hydrogen-bond donors (Lipinski definition) is 3. The first kappa shape index (κ1) is 14.7. The van der Waals surface area contributed by atoms with Crippen molar-refractivity contribution in [2.24, 2.45) is 5.73 Å². The Labute approximate surface area is 118 Å². The van der Waals surface area contributed by atoms with Crippen molar-refractivity contribution >= 4 is 11.8 Å². The molecule has 1 aliphatic rings. The van der Waals surface area contributed by atoms with Gasteiger partial charge in [-0.25, -0.2) is 0 Å². The number of H-pyrrole nitrogens is 1. The van der Waals surface area contributed by atoms with E-state index in [9.17, 15) is 9.59 Å². The summed E-state index contributed by atoms with van der Waals surface area (Å²) in [6.07, 6.45) is 1.64. The number of hydrogen-bond acceptors (Lipinski definition) is 5. The fourth-order valence-corrected chi connectivity index (χ4v) is 2.37. The lowest BCUT2D eigenvalue weighted by Crippen LogP contribution is -2.57. The lowest BCUT2D eigenvalue weighted by Gasteiger charge is -2.38. The maximum Gasteiger partial charge on any atom is 0.274 e. The molecule has 1 fully saturated rings. The number of nitrogens with zero attached hydrogens (tertiary/aromatic N) is 2. The van der Waals surface area contributed by atoms with Crippen molar-refractivity contribution < 1.29 is 9.59 Å². The van der Waals surface area contributed by atoms with Gasteiger partial charge in [-0.2, -0.15) is 0 Å². The van der Waals surface area contributed by atoms with Gasteiger partial charge in [-0.1, -0.05) is 0 Å². The van der Waals surface area contributed by atoms with Crippen molar-refractivity contribution in [3.8, 4) is 0 Å². The lowest BCUT2D eigenvalue weighted by atomic mass is 10.1. The van der Waals surface area contributed by atoms with E-state index in [1.54, 1.807) is 18.3 Å². The average Bonchev–Trinajstić information content (AvgIpc) is 2.94. The van der Waals surface area contributed by atoms with E-state index in [4.69, 9.17) is 5.73 Å². The number of likely N-dealkylation sites (N-methyl/N-ethyl adjacent to an activating group) is 1. The molecule has 0 aromatic carbocycles. The minimum absolute atomic E-state index is 0.153. The van der Waals surface area contributed by atoms with Crippen molar-refractivity contribution in [2.75, 3.05) is 39.8 Å². The standard InChI is InChI=1S/C13H21N5O2/c1-17-5-6-18(10(7-14)8-17)9-12(19)16-13(20)11-3-2-4-15-11/h2-4,10,15H,5-9,14H2,1H3,(H,16,19,20). The van der Waals surface area contributed by atoms with Crippen molar-refractivity contribution in [1.82, 2.24) is 20.1 Å². The van der Waals surface area contributed by atoms with Gasteiger partial charge in [0.05, 0.1) is 6.54 Å². The minimum atomic E-state index is -0.404. The van der Waals surface area contributed by atoms with Gasteiger partial charge in [0.2, 0.25) is 5.91 Å². The topological polar surface area (TPSA) is 94.5 Å². The third-order valence-electron chi connectivity index (χ3n) is 3.52. The number of carbonyl (C=O) groups is 2. The van der Waals surface area contributed by atoms with Crippen molar-refractivity contribution in [2.45, 2.75) is 6.04 Å². The molecule has 0 spiro atoms. The quantitative estimate of drug-likeness (QED) is 0.647. The van der Waals surface area contributed by atoms with Crippen LogP contribution in [0.25, 0.3) is 0 Å². The molecular weight excluding hydrogens is 258 g/mol. The second-order valence-corrected chi connectivity index (χ2v) is 5.08. The molecule has 0 bridgehead atoms. The zero-order valence-corrected chi connectivity index (χ0v) is 11.6. The molecule has 0 saturated carbocycles. The van der Waals surface area contributed by atoms with E-state index < -0.39 is 5.91 Å². The van der Waals surface area contributed by atoms with E-state index in [0.717, 1.165) is 19.6 Å². The predicted molar refractivity (Wildman–Crippen MR) is 75.2 cm³/mol. The van der Waals surface area contributed by atoms with E-state index in [2.05, 4.69) is 15.2 Å². The Balaban J connectivity index is 1.86. The zero-order chi connectivity index (χ0) is 14.5. The van der Waals surface area contributed by atoms with Crippen LogP contribution in [0.2, 0.25) is 0 Å². The van der Waals surface area contributed by atoms with Gasteiger partial charge in [0, 0.05) is 38.4 Å². The van der Waals surface area contributed by atoms with Gasteiger partial charge < -0.3 is 15.6 Å². The molecule has 0 radical (unpaired) electrons. The SMILES string of the molecule is CN1CCN(CC(=O)NC(=O)c2ccc[nH]2)C(CN)C1. The number of nitrogens with one attached hydrogen (secondary N) is 2. The molecule has 4 N–H and O–H groups in total. The molecular formula is C13H21N5O2. The van der Waals surface area contributed by atoms with Crippen LogP contribution < -0.4 is 11.1 Å². The van der Waals surface area contributed by atoms with E-state index >= 15 is 0 Å². The second-order valence-electron chi connectivity index (χ2n) is 5.08. The third kappa shape index (κ3) is 3.66. The number of aromatic amines is 1. The van der Waals surface area contributed by atoms with Gasteiger partial charge in [0.25, 0.3) is 5.91 Å². The highest BCUT2D eigenvalue weighted by Gasteiger charge is 2.26. The Kier molecular flexibility index (Phi) is 4.89. The Morgan fingerprint density at radius 2 is 2.30 bits per heavy atom. The molecule has 2 amide bonds. The highest BCUT2D eigenvalue weighted by Crippen LogP contribution is 2.06. The maximum absolute atomic E-state index is 11.9. The molecule has 110 valence electrons. The molecule has 1 atom stereocenters. The summed E-state index contributed by atoms with van der Waals surface area (Å²) in [4.78, 5) is 30.6. The van der Waals surface area contributed by atoms with E-state index in [1.807, 2.05) is 11.9 Å². The van der Waals surface area contributed by atoms with Gasteiger partial charge >= 0.3 is 0 Å². The monoisotopic (exact) mass is 279 g/mol. The summed E-state index contributed by atoms with van der Waals surface area (Å²) < 4.78 is 0. The van der Waals surface area contributed by atoms with Crippen LogP contribution in [0.4, 0.5) is 0 Å². The van der Waals surface area contributed by atoms with Crippen LogP contribution in [-0.2, 0) is 4.79 Å². The summed E-state index contributed by atoms with van der Waals surface area (Å²) >= 11 is 0. The van der Waals surface area contributed by atoms with Gasteiger partial charge in [-0.05, 0) is 19.2 Å². The van der Waals surface area contributed by atoms with Crippen LogP contribution in [0.15, 0.2) is 18.3 Å². The first-order chi connectivity index (χ1) is 9.60. The van der Waals surface area contributed by atoms with E-state index in [1.165, 1.54) is 0 Å². The average molecular weight is 279 g/mol. The Morgan fingerprint density at radius 1 is 1.50 bits per heavy atom. The summed E-state index contributed by atoms with van der Waals surface area (Å²) in [6.45, 7) is 3.22. The molecule has 1 aromatic heterocycles. The van der Waals surface area contributed by atoms with Crippen LogP contribution >= 0.6 is 0 Å². The predicted octanol–water partition coefficient (Wildman–Crippen LogP) is -1.15. The molecule has 1 aliphatic heterocycles. The summed E-state index contributed by atoms with van der Waals surface area (Å²) in [6, 6.07) is 3.49. The first-order valence-electron chi connectivity index (χ1n) is 6.70. The minimum Gasteiger partial charge on any atom is -0.357 e. The smallest absolute Gasteiger partial charge is 0.274 e. The van der Waals surface area contributed by atoms with Gasteiger partial charge in [-0.3, -0.25) is 19.8 Å². The fraction of sp³-hybridized carbons (Fsp3) is 0.538. The van der Waals surface area contributed by atoms with Gasteiger partial charge in [0.15, 0.2) is 0 Å². The summed E-state index contributed by atoms with van der Waals surface area (Å²) in [7, 11) is 2.04. The number of imide groups is 1. The Bertz CT molecular complexity index is 459. The number of rotatable bonds is 4. The van der Waals surface area contributed by atoms with Crippen LogP contribution in [0, 0.1) is 0 Å². The summed E-state index contributed by atoms with van der Waals surface area (Å²) in [5.74, 6) is -0.703. The first-order valence-corrected chi connectivity index (χ1v) is 6.70. The molecule has 2 rings (SSSR count). The van der Waals surface area contributed by atoms with Crippen molar-refractivity contribution in [3.63, 3.8) is 0 Å². The molecule has 20 heavy (non-hydrogen) atoms. The molecule has 7 nitrogen and oxygen atoms in total. The van der Waals surface area contributed by atoms with E-state index in [-0.39, 0.29) is 18.5 Å².